The highest BCUT2D eigenvalue weighted by atomic mass is 32.1. The van der Waals surface area contributed by atoms with Crippen molar-refractivity contribution in [3.8, 4) is 27.8 Å². The molecule has 3 N–H and O–H groups in total. The van der Waals surface area contributed by atoms with Gasteiger partial charge in [0.25, 0.3) is 11.8 Å². The van der Waals surface area contributed by atoms with Crippen molar-refractivity contribution in [1.82, 2.24) is 10.3 Å². The Labute approximate surface area is 195 Å². The Balaban J connectivity index is 1.29. The molecule has 0 radical (unpaired) electrons. The third kappa shape index (κ3) is 4.06. The molecule has 0 unspecified atom stereocenters. The van der Waals surface area contributed by atoms with Crippen molar-refractivity contribution >= 4 is 28.8 Å². The summed E-state index contributed by atoms with van der Waals surface area (Å²) in [6.07, 6.45) is 1.49. The predicted molar refractivity (Wildman–Crippen MR) is 121 cm³/mol. The van der Waals surface area contributed by atoms with Gasteiger partial charge in [-0.3, -0.25) is 9.59 Å². The van der Waals surface area contributed by atoms with E-state index in [1.54, 1.807) is 36.4 Å². The van der Waals surface area contributed by atoms with E-state index in [2.05, 4.69) is 15.6 Å². The molecule has 0 bridgehead atoms. The monoisotopic (exact) mass is 479 g/mol. The second-order valence-corrected chi connectivity index (χ2v) is 8.48. The second kappa shape index (κ2) is 8.56. The molecule has 0 spiro atoms. The molecule has 2 amide bonds. The van der Waals surface area contributed by atoms with Gasteiger partial charge in [0.15, 0.2) is 23.1 Å². The van der Waals surface area contributed by atoms with Gasteiger partial charge >= 0.3 is 0 Å². The van der Waals surface area contributed by atoms with E-state index in [4.69, 9.17) is 4.74 Å². The number of carbonyl (C=O) groups is 2. The number of nitrogens with one attached hydrogen (secondary N) is 2. The van der Waals surface area contributed by atoms with Crippen LogP contribution in [0, 0.1) is 11.6 Å². The lowest BCUT2D eigenvalue weighted by molar-refractivity contribution is 0.0950. The molecule has 7 nitrogen and oxygen atoms in total. The van der Waals surface area contributed by atoms with Gasteiger partial charge in [-0.25, -0.2) is 13.8 Å². The fourth-order valence-corrected chi connectivity index (χ4v) is 4.23. The lowest BCUT2D eigenvalue weighted by Gasteiger charge is -2.10. The van der Waals surface area contributed by atoms with E-state index in [-0.39, 0.29) is 18.0 Å². The maximum absolute atomic E-state index is 13.6. The molecule has 0 fully saturated rings. The SMILES string of the molecule is O=C(NCc1cnc(-c2cc(F)c(O)c(F)c2)s1)c1ccc2c(c1)NC(=O)c1ccccc1O2. The number of benzene rings is 3. The average molecular weight is 479 g/mol. The number of aromatic hydroxyl groups is 1. The third-order valence-corrected chi connectivity index (χ3v) is 6.13. The molecule has 3 aromatic carbocycles. The Kier molecular flexibility index (Phi) is 5.42. The zero-order valence-electron chi connectivity index (χ0n) is 17.3. The van der Waals surface area contributed by atoms with Crippen LogP contribution in [0.2, 0.25) is 0 Å². The molecule has 0 saturated heterocycles. The molecule has 2 heterocycles. The third-order valence-electron chi connectivity index (χ3n) is 5.08. The number of ether oxygens (including phenoxy) is 1. The summed E-state index contributed by atoms with van der Waals surface area (Å²) >= 11 is 1.15. The van der Waals surface area contributed by atoms with Crippen molar-refractivity contribution in [2.24, 2.45) is 0 Å². The molecule has 0 saturated carbocycles. The number of halogens is 2. The highest BCUT2D eigenvalue weighted by Gasteiger charge is 2.21. The molecule has 5 rings (SSSR count). The number of para-hydroxylation sites is 1. The minimum Gasteiger partial charge on any atom is -0.503 e. The van der Waals surface area contributed by atoms with Gasteiger partial charge in [-0.05, 0) is 42.5 Å². The van der Waals surface area contributed by atoms with E-state index >= 15 is 0 Å². The van der Waals surface area contributed by atoms with Gasteiger partial charge in [0, 0.05) is 22.2 Å². The number of nitrogens with zero attached hydrogens (tertiary/aromatic N) is 1. The first kappa shape index (κ1) is 21.5. The van der Waals surface area contributed by atoms with E-state index in [1.165, 1.54) is 12.3 Å². The summed E-state index contributed by atoms with van der Waals surface area (Å²) in [5.74, 6) is -3.11. The fourth-order valence-electron chi connectivity index (χ4n) is 3.39. The smallest absolute Gasteiger partial charge is 0.259 e. The number of phenols is 1. The number of phenolic OH excluding ortho intramolecular Hbond substituents is 1. The summed E-state index contributed by atoms with van der Waals surface area (Å²) in [5.41, 5.74) is 1.24. The molecule has 1 aliphatic rings. The maximum atomic E-state index is 13.6. The zero-order chi connectivity index (χ0) is 23.8. The fraction of sp³-hybridized carbons (Fsp3) is 0.0417. The van der Waals surface area contributed by atoms with Gasteiger partial charge in [0.05, 0.1) is 17.8 Å². The largest absolute Gasteiger partial charge is 0.503 e. The van der Waals surface area contributed by atoms with E-state index in [9.17, 15) is 23.5 Å². The van der Waals surface area contributed by atoms with Crippen molar-refractivity contribution in [2.75, 3.05) is 5.32 Å². The van der Waals surface area contributed by atoms with Crippen molar-refractivity contribution < 1.29 is 28.2 Å². The minimum absolute atomic E-state index is 0.130. The zero-order valence-corrected chi connectivity index (χ0v) is 18.1. The molecular weight excluding hydrogens is 464 g/mol. The van der Waals surface area contributed by atoms with Crippen molar-refractivity contribution in [2.45, 2.75) is 6.54 Å². The molecule has 10 heteroatoms. The minimum atomic E-state index is -1.08. The summed E-state index contributed by atoms with van der Waals surface area (Å²) in [6.45, 7) is 0.130. The molecule has 1 aromatic heterocycles. The van der Waals surface area contributed by atoms with Gasteiger partial charge in [0.2, 0.25) is 0 Å². The molecule has 1 aliphatic heterocycles. The molecule has 34 heavy (non-hydrogen) atoms. The van der Waals surface area contributed by atoms with Crippen molar-refractivity contribution in [1.29, 1.82) is 0 Å². The maximum Gasteiger partial charge on any atom is 0.259 e. The molecule has 0 aliphatic carbocycles. The Morgan fingerprint density at radius 3 is 2.65 bits per heavy atom. The van der Waals surface area contributed by atoms with Crippen molar-refractivity contribution in [3.63, 3.8) is 0 Å². The predicted octanol–water partition coefficient (Wildman–Crippen LogP) is 5.08. The molecule has 4 aromatic rings. The Morgan fingerprint density at radius 1 is 1.09 bits per heavy atom. The van der Waals surface area contributed by atoms with Crippen LogP contribution in [-0.4, -0.2) is 21.9 Å². The number of rotatable bonds is 4. The molecule has 0 atom stereocenters. The number of hydrogen-bond donors (Lipinski definition) is 3. The number of amides is 2. The lowest BCUT2D eigenvalue weighted by atomic mass is 10.1. The van der Waals surface area contributed by atoms with E-state index in [1.807, 2.05) is 0 Å². The van der Waals surface area contributed by atoms with Gasteiger partial charge in [0.1, 0.15) is 10.8 Å². The van der Waals surface area contributed by atoms with Gasteiger partial charge in [-0.15, -0.1) is 11.3 Å². The van der Waals surface area contributed by atoms with Crippen LogP contribution in [0.5, 0.6) is 17.2 Å². The van der Waals surface area contributed by atoms with Gasteiger partial charge in [-0.1, -0.05) is 12.1 Å². The van der Waals surface area contributed by atoms with E-state index in [0.717, 1.165) is 23.5 Å². The number of anilines is 1. The first-order chi connectivity index (χ1) is 16.4. The van der Waals surface area contributed by atoms with Crippen molar-refractivity contribution in [3.05, 3.63) is 88.4 Å². The number of hydrogen-bond acceptors (Lipinski definition) is 6. The van der Waals surface area contributed by atoms with E-state index < -0.39 is 23.3 Å². The number of thiazole rings is 1. The average Bonchev–Trinajstić information content (AvgIpc) is 3.25. The molecular formula is C24H15F2N3O4S. The Hall–Kier alpha value is -4.31. The van der Waals surface area contributed by atoms with Crippen LogP contribution in [-0.2, 0) is 6.54 Å². The quantitative estimate of drug-likeness (QED) is 0.379. The highest BCUT2D eigenvalue weighted by molar-refractivity contribution is 7.15. The summed E-state index contributed by atoms with van der Waals surface area (Å²) < 4.78 is 33.0. The van der Waals surface area contributed by atoms with Crippen LogP contribution in [0.25, 0.3) is 10.6 Å². The highest BCUT2D eigenvalue weighted by Crippen LogP contribution is 2.36. The Morgan fingerprint density at radius 2 is 1.85 bits per heavy atom. The Bertz CT molecular complexity index is 1430. The standard InChI is InChI=1S/C24H15F2N3O4S/c25-16-7-13(8-17(26)21(16)30)24-28-11-14(34-24)10-27-22(31)12-5-6-20-18(9-12)29-23(32)15-3-1-2-4-19(15)33-20/h1-9,11,30H,10H2,(H,27,31)(H,29,32). The van der Waals surface area contributed by atoms with Crippen LogP contribution in [0.4, 0.5) is 14.5 Å². The van der Waals surface area contributed by atoms with Crippen LogP contribution in [0.1, 0.15) is 25.6 Å². The van der Waals surface area contributed by atoms with Gasteiger partial charge < -0.3 is 20.5 Å². The number of fused-ring (bicyclic) bond motifs is 2. The summed E-state index contributed by atoms with van der Waals surface area (Å²) in [7, 11) is 0. The first-order valence-electron chi connectivity index (χ1n) is 10.0. The van der Waals surface area contributed by atoms with Crippen LogP contribution < -0.4 is 15.4 Å². The summed E-state index contributed by atoms with van der Waals surface area (Å²) in [5, 5.41) is 15.1. The van der Waals surface area contributed by atoms with Crippen LogP contribution in [0.3, 0.4) is 0 Å². The van der Waals surface area contributed by atoms with E-state index in [0.29, 0.717) is 38.2 Å². The van der Waals surface area contributed by atoms with Gasteiger partial charge in [-0.2, -0.15) is 0 Å². The van der Waals surface area contributed by atoms with Crippen LogP contribution in [0.15, 0.2) is 60.8 Å². The topological polar surface area (TPSA) is 101 Å². The second-order valence-electron chi connectivity index (χ2n) is 7.37. The summed E-state index contributed by atoms with van der Waals surface area (Å²) in [4.78, 5) is 30.0. The van der Waals surface area contributed by atoms with Crippen LogP contribution >= 0.6 is 11.3 Å². The number of aromatic nitrogens is 1. The molecule has 170 valence electrons. The first-order valence-corrected chi connectivity index (χ1v) is 10.8. The number of carbonyl (C=O) groups excluding carboxylic acids is 2. The summed E-state index contributed by atoms with van der Waals surface area (Å²) in [6, 6.07) is 13.5. The normalized spacial score (nSPS) is 12.1. The lowest BCUT2D eigenvalue weighted by Crippen LogP contribution is -2.22.